The average Bonchev–Trinajstić information content (AvgIpc) is 1.51. The first kappa shape index (κ1) is 71.7. The molecule has 582 valence electrons. The number of para-hydroxylation sites is 1. The number of rotatable bonds is 14. The molecule has 21 aromatic rings. The van der Waals surface area contributed by atoms with Crippen molar-refractivity contribution >= 4 is 56.1 Å². The maximum absolute atomic E-state index is 6.55. The van der Waals surface area contributed by atoms with Gasteiger partial charge in [-0.25, -0.2) is 0 Å². The summed E-state index contributed by atoms with van der Waals surface area (Å²) in [6, 6.07) is 176. The molecule has 4 aliphatic carbocycles. The van der Waals surface area contributed by atoms with Crippen molar-refractivity contribution in [3.63, 3.8) is 0 Å². The van der Waals surface area contributed by atoms with Gasteiger partial charge in [0.15, 0.2) is 0 Å². The number of anilines is 6. The van der Waals surface area contributed by atoms with Gasteiger partial charge in [0.25, 0.3) is 0 Å². The van der Waals surface area contributed by atoms with Crippen LogP contribution >= 0.6 is 0 Å². The molecule has 0 N–H and O–H groups in total. The highest BCUT2D eigenvalue weighted by atomic mass is 16.3. The van der Waals surface area contributed by atoms with Crippen LogP contribution in [0.25, 0.3) is 155 Å². The molecular formula is C122H78N2O. The van der Waals surface area contributed by atoms with E-state index in [1.54, 1.807) is 0 Å². The second-order valence-corrected chi connectivity index (χ2v) is 33.6. The first-order valence-corrected chi connectivity index (χ1v) is 43.3. The molecule has 25 rings (SSSR count). The first-order valence-electron chi connectivity index (χ1n) is 43.3. The number of hydrogen-bond donors (Lipinski definition) is 0. The maximum atomic E-state index is 6.55. The third kappa shape index (κ3) is 11.2. The zero-order chi connectivity index (χ0) is 82.3. The minimum atomic E-state index is -0.623. The quantitative estimate of drug-likeness (QED) is 0.108. The lowest BCUT2D eigenvalue weighted by Crippen LogP contribution is -2.26. The van der Waals surface area contributed by atoms with Gasteiger partial charge in [-0.05, 0) is 281 Å². The summed E-state index contributed by atoms with van der Waals surface area (Å²) >= 11 is 0. The topological polar surface area (TPSA) is 19.6 Å². The van der Waals surface area contributed by atoms with Crippen molar-refractivity contribution < 1.29 is 4.42 Å². The fourth-order valence-electron chi connectivity index (χ4n) is 21.6. The summed E-state index contributed by atoms with van der Waals surface area (Å²) in [6.07, 6.45) is 0. The molecule has 1 aromatic heterocycles. The summed E-state index contributed by atoms with van der Waals surface area (Å²) in [6.45, 7) is 0. The fourth-order valence-corrected chi connectivity index (χ4v) is 21.6. The van der Waals surface area contributed by atoms with Crippen LogP contribution in [-0.4, -0.2) is 0 Å². The molecular weight excluding hydrogens is 1510 g/mol. The zero-order valence-electron chi connectivity index (χ0n) is 68.3. The molecule has 2 atom stereocenters. The van der Waals surface area contributed by atoms with E-state index in [1.807, 2.05) is 6.07 Å². The molecule has 0 amide bonds. The van der Waals surface area contributed by atoms with Gasteiger partial charge in [-0.2, -0.15) is 0 Å². The highest BCUT2D eigenvalue weighted by Crippen LogP contribution is 2.67. The van der Waals surface area contributed by atoms with E-state index in [1.165, 1.54) is 139 Å². The van der Waals surface area contributed by atoms with Crippen molar-refractivity contribution in [3.05, 3.63) is 518 Å². The number of hydrogen-bond acceptors (Lipinski definition) is 3. The molecule has 2 unspecified atom stereocenters. The van der Waals surface area contributed by atoms with Gasteiger partial charge in [0.05, 0.1) is 10.8 Å². The van der Waals surface area contributed by atoms with Crippen LogP contribution in [0.3, 0.4) is 0 Å². The van der Waals surface area contributed by atoms with Crippen LogP contribution in [0.5, 0.6) is 0 Å². The molecule has 0 saturated heterocycles. The van der Waals surface area contributed by atoms with Crippen molar-refractivity contribution in [2.45, 2.75) is 10.8 Å². The van der Waals surface area contributed by atoms with E-state index in [9.17, 15) is 0 Å². The molecule has 0 radical (unpaired) electrons. The Morgan fingerprint density at radius 1 is 0.144 bits per heavy atom. The van der Waals surface area contributed by atoms with Gasteiger partial charge < -0.3 is 14.2 Å². The van der Waals surface area contributed by atoms with Crippen LogP contribution in [0, 0.1) is 0 Å². The van der Waals surface area contributed by atoms with E-state index in [0.717, 1.165) is 95.0 Å². The smallest absolute Gasteiger partial charge is 0.137 e. The summed E-state index contributed by atoms with van der Waals surface area (Å²) in [5.41, 5.74) is 46.6. The minimum Gasteiger partial charge on any atom is -0.456 e. The fraction of sp³-hybridized carbons (Fsp3) is 0.0164. The third-order valence-electron chi connectivity index (χ3n) is 27.1. The van der Waals surface area contributed by atoms with Crippen LogP contribution in [0.1, 0.15) is 44.5 Å². The molecule has 1 heterocycles. The van der Waals surface area contributed by atoms with E-state index in [0.29, 0.717) is 0 Å². The molecule has 0 saturated carbocycles. The minimum absolute atomic E-state index is 0.497. The number of nitrogens with zero attached hydrogens (tertiary/aromatic N) is 2. The summed E-state index contributed by atoms with van der Waals surface area (Å²) in [5.74, 6) is 0. The number of benzene rings is 20. The van der Waals surface area contributed by atoms with Crippen molar-refractivity contribution in [3.8, 4) is 134 Å². The predicted octanol–water partition coefficient (Wildman–Crippen LogP) is 32.5. The Bertz CT molecular complexity index is 7850. The summed E-state index contributed by atoms with van der Waals surface area (Å²) in [7, 11) is 0. The second kappa shape index (κ2) is 28.8. The highest BCUT2D eigenvalue weighted by molar-refractivity contribution is 6.07. The van der Waals surface area contributed by atoms with Gasteiger partial charge in [0, 0.05) is 51.0 Å². The molecule has 0 fully saturated rings. The third-order valence-corrected chi connectivity index (χ3v) is 27.1. The van der Waals surface area contributed by atoms with Gasteiger partial charge in [-0.3, -0.25) is 0 Å². The van der Waals surface area contributed by atoms with Crippen molar-refractivity contribution in [1.82, 2.24) is 0 Å². The molecule has 2 spiro atoms. The zero-order valence-corrected chi connectivity index (χ0v) is 68.3. The standard InChI is InChI=1S/C122H78N2O/c1-5-24-79(25-6-1)81-46-59-93(60-47-81)123(95-65-52-84(53-66-95)91-56-70-102-101-34-13-17-40-109(101)121(115(102)76-91)110-41-18-14-36-106(110)119-99(38-22-43-113(119)121)86-28-9-3-10-29-86)94-63-50-83(51-64-94)88-32-21-33-89(74-88)90-58-73-112-108(75-90)103-71-57-92(77-116(103)122(112)111-42-19-15-37-107(111)120-100(39-23-44-114(120)122)87-30-11-4-12-31-87)85-54-67-97(68-55-85)124(96-61-48-82(49-62-96)80-26-7-2-8-27-80)98-69-72-105-104-35-16-20-45-117(104)125-118(105)78-98/h1-78H. The number of fused-ring (bicyclic) bond motifs is 23. The van der Waals surface area contributed by atoms with Crippen LogP contribution < -0.4 is 9.80 Å². The monoisotopic (exact) mass is 1590 g/mol. The molecule has 4 aliphatic rings. The van der Waals surface area contributed by atoms with E-state index < -0.39 is 10.8 Å². The Kier molecular flexibility index (Phi) is 16.5. The molecule has 0 bridgehead atoms. The average molecular weight is 1590 g/mol. The lowest BCUT2D eigenvalue weighted by Gasteiger charge is -2.31. The summed E-state index contributed by atoms with van der Waals surface area (Å²) < 4.78 is 6.55. The maximum Gasteiger partial charge on any atom is 0.137 e. The summed E-state index contributed by atoms with van der Waals surface area (Å²) in [4.78, 5) is 4.74. The van der Waals surface area contributed by atoms with Crippen molar-refractivity contribution in [1.29, 1.82) is 0 Å². The van der Waals surface area contributed by atoms with E-state index in [4.69, 9.17) is 4.42 Å². The van der Waals surface area contributed by atoms with E-state index in [2.05, 4.69) is 477 Å². The van der Waals surface area contributed by atoms with Gasteiger partial charge in [0.2, 0.25) is 0 Å². The van der Waals surface area contributed by atoms with Gasteiger partial charge >= 0.3 is 0 Å². The largest absolute Gasteiger partial charge is 0.456 e. The summed E-state index contributed by atoms with van der Waals surface area (Å²) in [5, 5.41) is 2.21. The van der Waals surface area contributed by atoms with E-state index >= 15 is 0 Å². The van der Waals surface area contributed by atoms with Crippen LogP contribution in [-0.2, 0) is 10.8 Å². The lowest BCUT2D eigenvalue weighted by atomic mass is 9.70. The Morgan fingerprint density at radius 2 is 0.432 bits per heavy atom. The first-order chi connectivity index (χ1) is 62.0. The second-order valence-electron chi connectivity index (χ2n) is 33.6. The van der Waals surface area contributed by atoms with E-state index in [-0.39, 0.29) is 0 Å². The van der Waals surface area contributed by atoms with Crippen LogP contribution in [0.2, 0.25) is 0 Å². The molecule has 3 nitrogen and oxygen atoms in total. The normalized spacial score (nSPS) is 14.5. The van der Waals surface area contributed by atoms with Crippen LogP contribution in [0.15, 0.2) is 478 Å². The predicted molar refractivity (Wildman–Crippen MR) is 519 cm³/mol. The Hall–Kier alpha value is -16.2. The highest BCUT2D eigenvalue weighted by Gasteiger charge is 2.54. The Morgan fingerprint density at radius 3 is 0.912 bits per heavy atom. The van der Waals surface area contributed by atoms with Gasteiger partial charge in [-0.1, -0.05) is 364 Å². The van der Waals surface area contributed by atoms with Gasteiger partial charge in [-0.15, -0.1) is 0 Å². The lowest BCUT2D eigenvalue weighted by molar-refractivity contribution is 0.669. The SMILES string of the molecule is c1ccc(-c2ccc(N(c3ccc(-c4cccc(-c5ccc6c(c5)-c5ccc(-c7ccc(N(c8ccc(-c9ccccc9)cc8)c8ccc9c(c8)oc8ccccc89)cc7)cc5C65c6ccccc6-c6c(-c7ccccc7)cccc65)c4)cc3)c3ccc(-c4ccc5c(c4)C4(c6ccccc6-5)c5ccccc5-c5c(-c6ccccc6)cccc54)cc3)cc2)cc1. The Labute approximate surface area is 727 Å². The Balaban J connectivity index is 0.568. The van der Waals surface area contributed by atoms with Gasteiger partial charge in [0.1, 0.15) is 11.2 Å². The molecule has 0 aliphatic heterocycles. The van der Waals surface area contributed by atoms with Crippen molar-refractivity contribution in [2.24, 2.45) is 0 Å². The molecule has 3 heteroatoms. The van der Waals surface area contributed by atoms with Crippen LogP contribution in [0.4, 0.5) is 34.1 Å². The molecule has 20 aromatic carbocycles. The van der Waals surface area contributed by atoms with Crippen molar-refractivity contribution in [2.75, 3.05) is 9.80 Å². The number of furan rings is 1. The molecule has 125 heavy (non-hydrogen) atoms.